The van der Waals surface area contributed by atoms with Crippen molar-refractivity contribution in [3.8, 4) is 0 Å². The Bertz CT molecular complexity index is 145. The molecule has 0 aromatic heterocycles. The van der Waals surface area contributed by atoms with Crippen molar-refractivity contribution in [2.45, 2.75) is 57.1 Å². The highest BCUT2D eigenvalue weighted by Gasteiger charge is 2.21. The van der Waals surface area contributed by atoms with Gasteiger partial charge in [-0.3, -0.25) is 4.79 Å². The molecule has 0 bridgehead atoms. The second kappa shape index (κ2) is 5.63. The van der Waals surface area contributed by atoms with E-state index >= 15 is 0 Å². The fraction of sp³-hybridized carbons (Fsp3) is 0.900. The average Bonchev–Trinajstić information content (AvgIpc) is 2.45. The molecule has 0 radical (unpaired) electrons. The van der Waals surface area contributed by atoms with Crippen molar-refractivity contribution in [1.82, 2.24) is 0 Å². The summed E-state index contributed by atoms with van der Waals surface area (Å²) >= 11 is 1.58. The molecule has 2 heteroatoms. The normalized spacial score (nSPS) is 23.4. The molecule has 0 unspecified atom stereocenters. The van der Waals surface area contributed by atoms with Crippen LogP contribution in [0.5, 0.6) is 0 Å². The lowest BCUT2D eigenvalue weighted by Crippen LogP contribution is -1.95. The Labute approximate surface area is 79.3 Å². The molecule has 1 aliphatic heterocycles. The SMILES string of the molecule is CCCCCC[C@H]1CCC(=O)S1. The second-order valence-corrected chi connectivity index (χ2v) is 4.86. The van der Waals surface area contributed by atoms with Crippen LogP contribution in [0.4, 0.5) is 0 Å². The zero-order chi connectivity index (χ0) is 8.81. The first-order valence-electron chi connectivity index (χ1n) is 5.02. The van der Waals surface area contributed by atoms with Crippen LogP contribution in [-0.2, 0) is 4.79 Å². The van der Waals surface area contributed by atoms with Crippen molar-refractivity contribution >= 4 is 16.9 Å². The van der Waals surface area contributed by atoms with E-state index in [-0.39, 0.29) is 0 Å². The molecule has 0 aromatic rings. The van der Waals surface area contributed by atoms with Crippen LogP contribution in [0, 0.1) is 0 Å². The van der Waals surface area contributed by atoms with Crippen LogP contribution in [0.2, 0.25) is 0 Å². The van der Waals surface area contributed by atoms with E-state index in [2.05, 4.69) is 6.92 Å². The lowest BCUT2D eigenvalue weighted by atomic mass is 10.1. The van der Waals surface area contributed by atoms with Gasteiger partial charge in [-0.2, -0.15) is 0 Å². The lowest BCUT2D eigenvalue weighted by molar-refractivity contribution is -0.110. The van der Waals surface area contributed by atoms with Crippen molar-refractivity contribution in [3.63, 3.8) is 0 Å². The van der Waals surface area contributed by atoms with Gasteiger partial charge in [0.15, 0.2) is 5.12 Å². The maximum absolute atomic E-state index is 10.9. The first-order valence-corrected chi connectivity index (χ1v) is 5.90. The minimum absolute atomic E-state index is 0.412. The largest absolute Gasteiger partial charge is 0.287 e. The molecular formula is C10H18OS. The summed E-state index contributed by atoms with van der Waals surface area (Å²) in [6.45, 7) is 2.23. The van der Waals surface area contributed by atoms with Crippen LogP contribution < -0.4 is 0 Å². The first kappa shape index (κ1) is 10.1. The predicted molar refractivity (Wildman–Crippen MR) is 54.4 cm³/mol. The molecule has 70 valence electrons. The lowest BCUT2D eigenvalue weighted by Gasteiger charge is -2.05. The van der Waals surface area contributed by atoms with Crippen LogP contribution in [0.3, 0.4) is 0 Å². The fourth-order valence-electron chi connectivity index (χ4n) is 1.58. The first-order chi connectivity index (χ1) is 5.83. The van der Waals surface area contributed by atoms with Gasteiger partial charge in [-0.1, -0.05) is 44.4 Å². The molecule has 1 atom stereocenters. The van der Waals surface area contributed by atoms with Crippen LogP contribution in [0.25, 0.3) is 0 Å². The third kappa shape index (κ3) is 3.61. The zero-order valence-electron chi connectivity index (χ0n) is 7.84. The Hall–Kier alpha value is 0.0200. The summed E-state index contributed by atoms with van der Waals surface area (Å²) in [6, 6.07) is 0. The zero-order valence-corrected chi connectivity index (χ0v) is 8.66. The summed E-state index contributed by atoms with van der Waals surface area (Å²) in [4.78, 5) is 10.9. The van der Waals surface area contributed by atoms with Crippen LogP contribution in [0.15, 0.2) is 0 Å². The summed E-state index contributed by atoms with van der Waals surface area (Å²) < 4.78 is 0. The molecule has 0 spiro atoms. The van der Waals surface area contributed by atoms with Gasteiger partial charge >= 0.3 is 0 Å². The van der Waals surface area contributed by atoms with Gasteiger partial charge in [-0.15, -0.1) is 0 Å². The van der Waals surface area contributed by atoms with Gasteiger partial charge in [0.2, 0.25) is 0 Å². The maximum Gasteiger partial charge on any atom is 0.189 e. The van der Waals surface area contributed by atoms with Crippen LogP contribution in [-0.4, -0.2) is 10.4 Å². The monoisotopic (exact) mass is 186 g/mol. The van der Waals surface area contributed by atoms with Gasteiger partial charge < -0.3 is 0 Å². The Morgan fingerprint density at radius 2 is 2.25 bits per heavy atom. The molecule has 1 aliphatic rings. The number of thioether (sulfide) groups is 1. The predicted octanol–water partition coefficient (Wildman–Crippen LogP) is 3.38. The van der Waals surface area contributed by atoms with Crippen LogP contribution in [0.1, 0.15) is 51.9 Å². The summed E-state index contributed by atoms with van der Waals surface area (Å²) in [5.74, 6) is 0. The quantitative estimate of drug-likeness (QED) is 0.612. The van der Waals surface area contributed by atoms with Crippen molar-refractivity contribution in [3.05, 3.63) is 0 Å². The molecule has 12 heavy (non-hydrogen) atoms. The van der Waals surface area contributed by atoms with E-state index in [1.54, 1.807) is 11.8 Å². The Morgan fingerprint density at radius 3 is 2.83 bits per heavy atom. The van der Waals surface area contributed by atoms with Gasteiger partial charge in [0.25, 0.3) is 0 Å². The highest BCUT2D eigenvalue weighted by Crippen LogP contribution is 2.31. The maximum atomic E-state index is 10.9. The van der Waals surface area contributed by atoms with Crippen LogP contribution >= 0.6 is 11.8 Å². The van der Waals surface area contributed by atoms with Gasteiger partial charge in [-0.05, 0) is 12.8 Å². The van der Waals surface area contributed by atoms with Crippen molar-refractivity contribution in [1.29, 1.82) is 0 Å². The van der Waals surface area contributed by atoms with E-state index in [9.17, 15) is 4.79 Å². The summed E-state index contributed by atoms with van der Waals surface area (Å²) in [5.41, 5.74) is 0. The standard InChI is InChI=1S/C10H18OS/c1-2-3-4-5-6-9-7-8-10(11)12-9/h9H,2-8H2,1H3/t9-/m0/s1. The Kier molecular flexibility index (Phi) is 4.74. The molecule has 0 saturated carbocycles. The van der Waals surface area contributed by atoms with Gasteiger partial charge in [-0.25, -0.2) is 0 Å². The highest BCUT2D eigenvalue weighted by atomic mass is 32.2. The topological polar surface area (TPSA) is 17.1 Å². The number of unbranched alkanes of at least 4 members (excludes halogenated alkanes) is 3. The van der Waals surface area contributed by atoms with E-state index < -0.39 is 0 Å². The van der Waals surface area contributed by atoms with E-state index in [1.165, 1.54) is 32.1 Å². The van der Waals surface area contributed by atoms with Crippen molar-refractivity contribution < 1.29 is 4.79 Å². The van der Waals surface area contributed by atoms with E-state index in [4.69, 9.17) is 0 Å². The van der Waals surface area contributed by atoms with Crippen molar-refractivity contribution in [2.24, 2.45) is 0 Å². The summed E-state index contributed by atoms with van der Waals surface area (Å²) in [7, 11) is 0. The average molecular weight is 186 g/mol. The number of rotatable bonds is 5. The third-order valence-electron chi connectivity index (χ3n) is 2.35. The molecule has 1 saturated heterocycles. The number of carbonyl (C=O) groups is 1. The Morgan fingerprint density at radius 1 is 1.42 bits per heavy atom. The fourth-order valence-corrected chi connectivity index (χ4v) is 2.71. The minimum atomic E-state index is 0.412. The molecule has 0 amide bonds. The summed E-state index contributed by atoms with van der Waals surface area (Å²) in [5, 5.41) is 1.07. The minimum Gasteiger partial charge on any atom is -0.287 e. The highest BCUT2D eigenvalue weighted by molar-refractivity contribution is 8.14. The molecule has 1 heterocycles. The van der Waals surface area contributed by atoms with E-state index in [0.717, 1.165) is 12.8 Å². The number of hydrogen-bond acceptors (Lipinski definition) is 2. The van der Waals surface area contributed by atoms with E-state index in [0.29, 0.717) is 10.4 Å². The third-order valence-corrected chi connectivity index (χ3v) is 3.62. The second-order valence-electron chi connectivity index (χ2n) is 3.50. The molecule has 0 aliphatic carbocycles. The van der Waals surface area contributed by atoms with Gasteiger partial charge in [0.1, 0.15) is 0 Å². The molecule has 0 aromatic carbocycles. The van der Waals surface area contributed by atoms with E-state index in [1.807, 2.05) is 0 Å². The number of hydrogen-bond donors (Lipinski definition) is 0. The summed E-state index contributed by atoms with van der Waals surface area (Å²) in [6.07, 6.45) is 8.54. The smallest absolute Gasteiger partial charge is 0.189 e. The van der Waals surface area contributed by atoms with Gasteiger partial charge in [0.05, 0.1) is 0 Å². The molecular weight excluding hydrogens is 168 g/mol. The van der Waals surface area contributed by atoms with Gasteiger partial charge in [0, 0.05) is 11.7 Å². The molecule has 1 fully saturated rings. The molecule has 0 N–H and O–H groups in total. The molecule has 1 rings (SSSR count). The molecule has 1 nitrogen and oxygen atoms in total. The van der Waals surface area contributed by atoms with Crippen molar-refractivity contribution in [2.75, 3.05) is 0 Å². The Balaban J connectivity index is 1.97. The number of carbonyl (C=O) groups excluding carboxylic acids is 1.